The molecule has 0 spiro atoms. The Morgan fingerprint density at radius 1 is 1.33 bits per heavy atom. The first-order valence-electron chi connectivity index (χ1n) is 6.15. The fraction of sp³-hybridized carbons (Fsp3) is 0.462. The van der Waals surface area contributed by atoms with E-state index in [1.165, 1.54) is 4.90 Å². The highest BCUT2D eigenvalue weighted by Crippen LogP contribution is 2.30. The average Bonchev–Trinajstić information content (AvgIpc) is 2.36. The summed E-state index contributed by atoms with van der Waals surface area (Å²) in [6.45, 7) is -1.38. The van der Waals surface area contributed by atoms with E-state index >= 15 is 0 Å². The molecule has 0 aromatic heterocycles. The molecule has 0 fully saturated rings. The summed E-state index contributed by atoms with van der Waals surface area (Å²) in [7, 11) is 0. The van der Waals surface area contributed by atoms with E-state index < -0.39 is 25.3 Å². The number of ether oxygens (including phenoxy) is 1. The SMILES string of the molecule is O=C(COCC(F)(F)F)N1CCc2cc(Cl)cc(Cl)c2C1. The highest BCUT2D eigenvalue weighted by atomic mass is 35.5. The van der Waals surface area contributed by atoms with Crippen LogP contribution >= 0.6 is 23.2 Å². The van der Waals surface area contributed by atoms with Crippen molar-refractivity contribution < 1.29 is 22.7 Å². The molecule has 0 unspecified atom stereocenters. The molecule has 116 valence electrons. The van der Waals surface area contributed by atoms with Crippen molar-refractivity contribution in [2.75, 3.05) is 19.8 Å². The van der Waals surface area contributed by atoms with Gasteiger partial charge in [0.2, 0.25) is 5.91 Å². The van der Waals surface area contributed by atoms with Crippen LogP contribution in [-0.4, -0.2) is 36.7 Å². The maximum atomic E-state index is 12.0. The lowest BCUT2D eigenvalue weighted by Crippen LogP contribution is -2.39. The summed E-state index contributed by atoms with van der Waals surface area (Å²) >= 11 is 12.0. The molecule has 1 aromatic rings. The first-order chi connectivity index (χ1) is 9.76. The zero-order chi connectivity index (χ0) is 15.6. The summed E-state index contributed by atoms with van der Waals surface area (Å²) in [6, 6.07) is 3.36. The minimum atomic E-state index is -4.44. The van der Waals surface area contributed by atoms with Gasteiger partial charge < -0.3 is 9.64 Å². The highest BCUT2D eigenvalue weighted by molar-refractivity contribution is 6.35. The predicted octanol–water partition coefficient (Wildman–Crippen LogP) is 3.46. The molecule has 0 N–H and O–H groups in total. The Hall–Kier alpha value is -0.980. The van der Waals surface area contributed by atoms with E-state index in [4.69, 9.17) is 23.2 Å². The van der Waals surface area contributed by atoms with Gasteiger partial charge in [-0.25, -0.2) is 0 Å². The van der Waals surface area contributed by atoms with Crippen molar-refractivity contribution in [2.45, 2.75) is 19.1 Å². The van der Waals surface area contributed by atoms with E-state index in [-0.39, 0.29) is 6.54 Å². The third-order valence-electron chi connectivity index (χ3n) is 3.10. The van der Waals surface area contributed by atoms with Crippen molar-refractivity contribution >= 4 is 29.1 Å². The van der Waals surface area contributed by atoms with Gasteiger partial charge in [-0.1, -0.05) is 23.2 Å². The smallest absolute Gasteiger partial charge is 0.362 e. The number of nitrogens with zero attached hydrogens (tertiary/aromatic N) is 1. The molecular formula is C13H12Cl2F3NO2. The molecule has 1 aliphatic heterocycles. The van der Waals surface area contributed by atoms with Crippen LogP contribution < -0.4 is 0 Å². The number of fused-ring (bicyclic) bond motifs is 1. The number of alkyl halides is 3. The van der Waals surface area contributed by atoms with Crippen molar-refractivity contribution in [3.05, 3.63) is 33.3 Å². The van der Waals surface area contributed by atoms with E-state index in [0.717, 1.165) is 11.1 Å². The van der Waals surface area contributed by atoms with Crippen molar-refractivity contribution in [1.29, 1.82) is 0 Å². The van der Waals surface area contributed by atoms with Gasteiger partial charge in [-0.3, -0.25) is 4.79 Å². The van der Waals surface area contributed by atoms with Crippen LogP contribution in [0, 0.1) is 0 Å². The lowest BCUT2D eigenvalue weighted by molar-refractivity contribution is -0.178. The van der Waals surface area contributed by atoms with Crippen LogP contribution in [0.5, 0.6) is 0 Å². The van der Waals surface area contributed by atoms with Crippen molar-refractivity contribution in [1.82, 2.24) is 4.90 Å². The maximum Gasteiger partial charge on any atom is 0.411 e. The summed E-state index contributed by atoms with van der Waals surface area (Å²) < 4.78 is 40.2. The quantitative estimate of drug-likeness (QED) is 0.842. The predicted molar refractivity (Wildman–Crippen MR) is 72.5 cm³/mol. The van der Waals surface area contributed by atoms with E-state index in [1.54, 1.807) is 12.1 Å². The first kappa shape index (κ1) is 16.4. The average molecular weight is 342 g/mol. The number of halogens is 5. The monoisotopic (exact) mass is 341 g/mol. The fourth-order valence-corrected chi connectivity index (χ4v) is 2.74. The Morgan fingerprint density at radius 3 is 2.71 bits per heavy atom. The van der Waals surface area contributed by atoms with Crippen LogP contribution in [0.15, 0.2) is 12.1 Å². The third kappa shape index (κ3) is 4.49. The molecule has 1 aromatic carbocycles. The Balaban J connectivity index is 1.96. The van der Waals surface area contributed by atoms with Crippen LogP contribution in [0.4, 0.5) is 13.2 Å². The number of carbonyl (C=O) groups is 1. The molecule has 0 bridgehead atoms. The second kappa shape index (κ2) is 6.42. The molecule has 8 heteroatoms. The molecule has 0 saturated heterocycles. The Labute approximate surface area is 129 Å². The minimum absolute atomic E-state index is 0.250. The molecule has 1 aliphatic rings. The number of benzene rings is 1. The normalized spacial score (nSPS) is 15.0. The number of rotatable bonds is 3. The standard InChI is InChI=1S/C13H12Cl2F3NO2/c14-9-3-8-1-2-19(5-10(8)11(15)4-9)12(20)6-21-7-13(16,17)18/h3-4H,1-2,5-7H2. The van der Waals surface area contributed by atoms with Gasteiger partial charge in [0.25, 0.3) is 0 Å². The molecule has 0 aliphatic carbocycles. The number of hydrogen-bond donors (Lipinski definition) is 0. The fourth-order valence-electron chi connectivity index (χ4n) is 2.14. The summed E-state index contributed by atoms with van der Waals surface area (Å²) in [5, 5.41) is 0.971. The van der Waals surface area contributed by atoms with E-state index in [1.807, 2.05) is 0 Å². The molecular weight excluding hydrogens is 330 g/mol. The second-order valence-electron chi connectivity index (χ2n) is 4.70. The van der Waals surface area contributed by atoms with Gasteiger partial charge in [0.1, 0.15) is 13.2 Å². The molecule has 1 amide bonds. The van der Waals surface area contributed by atoms with E-state index in [2.05, 4.69) is 4.74 Å². The Bertz CT molecular complexity index is 549. The zero-order valence-electron chi connectivity index (χ0n) is 10.8. The van der Waals surface area contributed by atoms with Crippen LogP contribution in [0.1, 0.15) is 11.1 Å². The van der Waals surface area contributed by atoms with Crippen LogP contribution in [0.3, 0.4) is 0 Å². The van der Waals surface area contributed by atoms with E-state index in [0.29, 0.717) is 23.0 Å². The molecule has 2 rings (SSSR count). The number of hydrogen-bond acceptors (Lipinski definition) is 2. The number of amides is 1. The third-order valence-corrected chi connectivity index (χ3v) is 3.65. The minimum Gasteiger partial charge on any atom is -0.362 e. The molecule has 1 heterocycles. The van der Waals surface area contributed by atoms with Crippen molar-refractivity contribution in [2.24, 2.45) is 0 Å². The summed E-state index contributed by atoms with van der Waals surface area (Å²) in [6.07, 6.45) is -3.88. The van der Waals surface area contributed by atoms with Crippen LogP contribution in [0.2, 0.25) is 10.0 Å². The summed E-state index contributed by atoms with van der Waals surface area (Å²) in [5.41, 5.74) is 1.73. The summed E-state index contributed by atoms with van der Waals surface area (Å²) in [5.74, 6) is -0.490. The molecule has 3 nitrogen and oxygen atoms in total. The van der Waals surface area contributed by atoms with Crippen LogP contribution in [-0.2, 0) is 22.5 Å². The highest BCUT2D eigenvalue weighted by Gasteiger charge is 2.29. The second-order valence-corrected chi connectivity index (χ2v) is 5.54. The van der Waals surface area contributed by atoms with Crippen LogP contribution in [0.25, 0.3) is 0 Å². The lowest BCUT2D eigenvalue weighted by atomic mass is 10.00. The Morgan fingerprint density at radius 2 is 2.05 bits per heavy atom. The van der Waals surface area contributed by atoms with Crippen molar-refractivity contribution in [3.63, 3.8) is 0 Å². The van der Waals surface area contributed by atoms with Gasteiger partial charge in [-0.2, -0.15) is 13.2 Å². The summed E-state index contributed by atoms with van der Waals surface area (Å²) in [4.78, 5) is 13.3. The van der Waals surface area contributed by atoms with E-state index in [9.17, 15) is 18.0 Å². The molecule has 0 atom stereocenters. The lowest BCUT2D eigenvalue weighted by Gasteiger charge is -2.29. The Kier molecular flexibility index (Phi) is 5.01. The maximum absolute atomic E-state index is 12.0. The zero-order valence-corrected chi connectivity index (χ0v) is 12.4. The van der Waals surface area contributed by atoms with Gasteiger partial charge in [-0.05, 0) is 29.7 Å². The van der Waals surface area contributed by atoms with Gasteiger partial charge in [0, 0.05) is 23.1 Å². The van der Waals surface area contributed by atoms with Gasteiger partial charge in [0.15, 0.2) is 0 Å². The molecule has 21 heavy (non-hydrogen) atoms. The molecule has 0 radical (unpaired) electrons. The largest absolute Gasteiger partial charge is 0.411 e. The topological polar surface area (TPSA) is 29.5 Å². The first-order valence-corrected chi connectivity index (χ1v) is 6.91. The van der Waals surface area contributed by atoms with Gasteiger partial charge >= 0.3 is 6.18 Å². The van der Waals surface area contributed by atoms with Gasteiger partial charge in [-0.15, -0.1) is 0 Å². The molecule has 0 saturated carbocycles. The van der Waals surface area contributed by atoms with Gasteiger partial charge in [0.05, 0.1) is 0 Å². The van der Waals surface area contributed by atoms with Crippen molar-refractivity contribution in [3.8, 4) is 0 Å². The number of carbonyl (C=O) groups excluding carboxylic acids is 1.